The molecule has 0 spiro atoms. The summed E-state index contributed by atoms with van der Waals surface area (Å²) >= 11 is 11.0. The first-order chi connectivity index (χ1) is 9.76. The van der Waals surface area contributed by atoms with E-state index in [9.17, 15) is 8.42 Å². The minimum Gasteiger partial charge on any atom is -0.207 e. The minimum atomic E-state index is -3.48. The van der Waals surface area contributed by atoms with E-state index in [4.69, 9.17) is 11.6 Å². The number of alkyl halides is 1. The standard InChI is InChI=1S/C14H19BrClNO2S2/c1-14(2)5-6-17(7-8-20-14)21(18,19)13-9-11(10-16)3-4-12(13)15/h3-4,9H,5-8,10H2,1-2H3. The average molecular weight is 413 g/mol. The predicted octanol–water partition coefficient (Wildman–Crippen LogP) is 4.09. The van der Waals surface area contributed by atoms with Crippen LogP contribution in [0.5, 0.6) is 0 Å². The van der Waals surface area contributed by atoms with E-state index in [0.717, 1.165) is 17.7 Å². The van der Waals surface area contributed by atoms with Gasteiger partial charge in [0.15, 0.2) is 0 Å². The Morgan fingerprint density at radius 2 is 2.10 bits per heavy atom. The van der Waals surface area contributed by atoms with Crippen LogP contribution in [0.25, 0.3) is 0 Å². The molecule has 1 aromatic carbocycles. The van der Waals surface area contributed by atoms with Crippen molar-refractivity contribution in [1.82, 2.24) is 4.31 Å². The van der Waals surface area contributed by atoms with Crippen LogP contribution in [-0.4, -0.2) is 36.3 Å². The highest BCUT2D eigenvalue weighted by atomic mass is 79.9. The van der Waals surface area contributed by atoms with Crippen LogP contribution in [-0.2, 0) is 15.9 Å². The van der Waals surface area contributed by atoms with E-state index in [1.165, 1.54) is 0 Å². The maximum absolute atomic E-state index is 12.9. The number of benzene rings is 1. The van der Waals surface area contributed by atoms with Crippen molar-refractivity contribution in [1.29, 1.82) is 0 Å². The lowest BCUT2D eigenvalue weighted by molar-refractivity contribution is 0.415. The molecule has 21 heavy (non-hydrogen) atoms. The third kappa shape index (κ3) is 4.16. The molecule has 1 aliphatic rings. The lowest BCUT2D eigenvalue weighted by atomic mass is 10.1. The number of halogens is 2. The second kappa shape index (κ2) is 6.79. The van der Waals surface area contributed by atoms with E-state index < -0.39 is 10.0 Å². The summed E-state index contributed by atoms with van der Waals surface area (Å²) in [6.45, 7) is 5.43. The van der Waals surface area contributed by atoms with Crippen LogP contribution in [0.1, 0.15) is 25.8 Å². The fraction of sp³-hybridized carbons (Fsp3) is 0.571. The fourth-order valence-corrected chi connectivity index (χ4v) is 6.01. The third-order valence-electron chi connectivity index (χ3n) is 3.56. The molecule has 2 rings (SSSR count). The zero-order chi connectivity index (χ0) is 15.7. The Balaban J connectivity index is 2.33. The van der Waals surface area contributed by atoms with Gasteiger partial charge in [-0.3, -0.25) is 0 Å². The van der Waals surface area contributed by atoms with Gasteiger partial charge in [0, 0.05) is 33.9 Å². The molecule has 0 aromatic heterocycles. The Bertz CT molecular complexity index is 619. The maximum atomic E-state index is 12.9. The van der Waals surface area contributed by atoms with Crippen LogP contribution in [0.4, 0.5) is 0 Å². The Hall–Kier alpha value is 0.250. The van der Waals surface area contributed by atoms with Crippen molar-refractivity contribution in [3.05, 3.63) is 28.2 Å². The second-order valence-electron chi connectivity index (χ2n) is 5.66. The summed E-state index contributed by atoms with van der Waals surface area (Å²) in [4.78, 5) is 0.311. The highest BCUT2D eigenvalue weighted by molar-refractivity contribution is 9.10. The molecule has 0 bridgehead atoms. The predicted molar refractivity (Wildman–Crippen MR) is 93.6 cm³/mol. The minimum absolute atomic E-state index is 0.124. The highest BCUT2D eigenvalue weighted by Crippen LogP contribution is 2.34. The molecule has 1 aliphatic heterocycles. The Labute approximate surface area is 144 Å². The van der Waals surface area contributed by atoms with Gasteiger partial charge in [-0.25, -0.2) is 8.42 Å². The number of hydrogen-bond donors (Lipinski definition) is 0. The summed E-state index contributed by atoms with van der Waals surface area (Å²) in [6.07, 6.45) is 0.851. The first kappa shape index (κ1) is 17.6. The smallest absolute Gasteiger partial charge is 0.207 e. The summed E-state index contributed by atoms with van der Waals surface area (Å²) in [5, 5.41) is 0. The van der Waals surface area contributed by atoms with Crippen molar-refractivity contribution >= 4 is 49.3 Å². The zero-order valence-corrected chi connectivity index (χ0v) is 16.1. The molecular formula is C14H19BrClNO2S2. The summed E-state index contributed by atoms with van der Waals surface area (Å²) in [5.41, 5.74) is 0.808. The van der Waals surface area contributed by atoms with Gasteiger partial charge in [-0.15, -0.1) is 11.6 Å². The van der Waals surface area contributed by atoms with Crippen molar-refractivity contribution in [2.45, 2.75) is 35.8 Å². The molecule has 0 aliphatic carbocycles. The molecular weight excluding hydrogens is 394 g/mol. The van der Waals surface area contributed by atoms with Crippen molar-refractivity contribution in [3.8, 4) is 0 Å². The number of sulfonamides is 1. The molecule has 0 N–H and O–H groups in total. The molecule has 1 fully saturated rings. The first-order valence-corrected chi connectivity index (χ1v) is 10.5. The molecule has 3 nitrogen and oxygen atoms in total. The molecule has 0 saturated carbocycles. The van der Waals surface area contributed by atoms with E-state index in [-0.39, 0.29) is 4.75 Å². The van der Waals surface area contributed by atoms with Gasteiger partial charge in [0.05, 0.1) is 4.90 Å². The van der Waals surface area contributed by atoms with Crippen molar-refractivity contribution in [3.63, 3.8) is 0 Å². The number of hydrogen-bond acceptors (Lipinski definition) is 3. The summed E-state index contributed by atoms with van der Waals surface area (Å²) in [5.74, 6) is 1.12. The first-order valence-electron chi connectivity index (χ1n) is 6.75. The van der Waals surface area contributed by atoms with Crippen molar-refractivity contribution in [2.24, 2.45) is 0 Å². The zero-order valence-electron chi connectivity index (χ0n) is 12.1. The normalized spacial score (nSPS) is 20.2. The van der Waals surface area contributed by atoms with Gasteiger partial charge in [-0.05, 0) is 40.0 Å². The molecule has 1 aromatic rings. The number of rotatable bonds is 3. The van der Waals surface area contributed by atoms with Crippen LogP contribution in [0.3, 0.4) is 0 Å². The molecule has 0 unspecified atom stereocenters. The molecule has 0 atom stereocenters. The van der Waals surface area contributed by atoms with Crippen LogP contribution in [0.15, 0.2) is 27.6 Å². The number of nitrogens with zero attached hydrogens (tertiary/aromatic N) is 1. The lowest BCUT2D eigenvalue weighted by Crippen LogP contribution is -2.34. The van der Waals surface area contributed by atoms with Gasteiger partial charge in [0.2, 0.25) is 10.0 Å². The van der Waals surface area contributed by atoms with Crippen molar-refractivity contribution < 1.29 is 8.42 Å². The molecule has 0 radical (unpaired) electrons. The van der Waals surface area contributed by atoms with Gasteiger partial charge in [0.25, 0.3) is 0 Å². The molecule has 118 valence electrons. The number of thioether (sulfide) groups is 1. The van der Waals surface area contributed by atoms with E-state index in [2.05, 4.69) is 29.8 Å². The van der Waals surface area contributed by atoms with E-state index in [1.54, 1.807) is 16.4 Å². The Morgan fingerprint density at radius 3 is 2.76 bits per heavy atom. The van der Waals surface area contributed by atoms with Gasteiger partial charge in [-0.2, -0.15) is 16.1 Å². The largest absolute Gasteiger partial charge is 0.244 e. The van der Waals surface area contributed by atoms with Crippen LogP contribution in [0, 0.1) is 0 Å². The van der Waals surface area contributed by atoms with Gasteiger partial charge in [-0.1, -0.05) is 19.9 Å². The molecule has 1 heterocycles. The van der Waals surface area contributed by atoms with E-state index in [0.29, 0.717) is 28.3 Å². The van der Waals surface area contributed by atoms with E-state index in [1.807, 2.05) is 17.8 Å². The second-order valence-corrected chi connectivity index (χ2v) is 10.5. The molecule has 0 amide bonds. The maximum Gasteiger partial charge on any atom is 0.244 e. The monoisotopic (exact) mass is 411 g/mol. The summed E-state index contributed by atoms with van der Waals surface area (Å²) in [7, 11) is -3.48. The van der Waals surface area contributed by atoms with Crippen molar-refractivity contribution in [2.75, 3.05) is 18.8 Å². The SMILES string of the molecule is CC1(C)CCN(S(=O)(=O)c2cc(CCl)ccc2Br)CCS1. The summed E-state index contributed by atoms with van der Waals surface area (Å²) < 4.78 is 28.1. The summed E-state index contributed by atoms with van der Waals surface area (Å²) in [6, 6.07) is 5.24. The quantitative estimate of drug-likeness (QED) is 0.702. The average Bonchev–Trinajstić information content (AvgIpc) is 2.60. The Morgan fingerprint density at radius 1 is 1.38 bits per heavy atom. The Kier molecular flexibility index (Phi) is 5.69. The van der Waals surface area contributed by atoms with E-state index >= 15 is 0 Å². The topological polar surface area (TPSA) is 37.4 Å². The van der Waals surface area contributed by atoms with Crippen LogP contribution < -0.4 is 0 Å². The van der Waals surface area contributed by atoms with Gasteiger partial charge >= 0.3 is 0 Å². The van der Waals surface area contributed by atoms with Gasteiger partial charge < -0.3 is 0 Å². The lowest BCUT2D eigenvalue weighted by Gasteiger charge is -2.23. The van der Waals surface area contributed by atoms with Crippen LogP contribution in [0.2, 0.25) is 0 Å². The third-order valence-corrected chi connectivity index (χ3v) is 8.14. The fourth-order valence-electron chi connectivity index (χ4n) is 2.21. The van der Waals surface area contributed by atoms with Gasteiger partial charge in [0.1, 0.15) is 0 Å². The van der Waals surface area contributed by atoms with Crippen LogP contribution >= 0.6 is 39.3 Å². The molecule has 1 saturated heterocycles. The highest BCUT2D eigenvalue weighted by Gasteiger charge is 2.31. The molecule has 7 heteroatoms.